The molecule has 5 rings (SSSR count). The maximum Gasteiger partial charge on any atom is 0.262 e. The number of sulfonamides is 1. The van der Waals surface area contributed by atoms with Crippen molar-refractivity contribution in [3.8, 4) is 5.75 Å². The Kier molecular flexibility index (Phi) is 5.80. The summed E-state index contributed by atoms with van der Waals surface area (Å²) in [7, 11) is -2.62. The first-order valence-electron chi connectivity index (χ1n) is 11.0. The fourth-order valence-corrected chi connectivity index (χ4v) is 6.41. The average molecular weight is 516 g/mol. The minimum Gasteiger partial charge on any atom is -0.495 e. The molecule has 1 aliphatic heterocycles. The van der Waals surface area contributed by atoms with Crippen LogP contribution in [0.25, 0.3) is 0 Å². The fourth-order valence-electron chi connectivity index (χ4n) is 5.15. The van der Waals surface area contributed by atoms with Crippen LogP contribution >= 0.6 is 11.6 Å². The van der Waals surface area contributed by atoms with Crippen molar-refractivity contribution in [1.29, 1.82) is 0 Å². The summed E-state index contributed by atoms with van der Waals surface area (Å²) in [5.74, 6) is -1.70. The summed E-state index contributed by atoms with van der Waals surface area (Å²) in [6.07, 6.45) is 4.75. The second-order valence-corrected chi connectivity index (χ2v) is 10.8. The zero-order chi connectivity index (χ0) is 24.9. The average Bonchev–Trinajstić information content (AvgIpc) is 3.51. The van der Waals surface area contributed by atoms with Gasteiger partial charge in [0.25, 0.3) is 10.0 Å². The van der Waals surface area contributed by atoms with Gasteiger partial charge >= 0.3 is 0 Å². The van der Waals surface area contributed by atoms with E-state index in [2.05, 4.69) is 10.0 Å². The number of hydrogen-bond acceptors (Lipinski definition) is 6. The molecule has 0 aromatic heterocycles. The summed E-state index contributed by atoms with van der Waals surface area (Å²) in [5.41, 5.74) is 0.288. The van der Waals surface area contributed by atoms with Gasteiger partial charge in [-0.1, -0.05) is 35.9 Å². The number of carbonyl (C=O) groups excluding carboxylic acids is 3. The summed E-state index contributed by atoms with van der Waals surface area (Å²) in [4.78, 5) is 39.2. The van der Waals surface area contributed by atoms with Gasteiger partial charge in [-0.05, 0) is 48.6 Å². The first-order chi connectivity index (χ1) is 16.7. The zero-order valence-electron chi connectivity index (χ0n) is 18.6. The predicted octanol–water partition coefficient (Wildman–Crippen LogP) is 2.90. The molecule has 1 saturated carbocycles. The van der Waals surface area contributed by atoms with Gasteiger partial charge in [0.1, 0.15) is 12.3 Å². The number of methoxy groups -OCH3 is 1. The molecule has 0 spiro atoms. The maximum atomic E-state index is 12.9. The predicted molar refractivity (Wildman–Crippen MR) is 128 cm³/mol. The van der Waals surface area contributed by atoms with Crippen LogP contribution in [0.5, 0.6) is 5.75 Å². The van der Waals surface area contributed by atoms with Gasteiger partial charge in [0, 0.05) is 0 Å². The smallest absolute Gasteiger partial charge is 0.262 e. The highest BCUT2D eigenvalue weighted by Crippen LogP contribution is 2.52. The molecule has 3 aliphatic rings. The van der Waals surface area contributed by atoms with Crippen LogP contribution in [0.3, 0.4) is 0 Å². The largest absolute Gasteiger partial charge is 0.495 e. The normalized spacial score (nSPS) is 24.6. The molecule has 182 valence electrons. The SMILES string of the molecule is COc1ccccc1NS(=O)(=O)c1ccc(Cl)c(NC(=O)CN2C(=O)[C@H]3[C@H](C2=O)[C@H]2C=C[C@H]3C2)c1. The Hall–Kier alpha value is -3.37. The van der Waals surface area contributed by atoms with Gasteiger partial charge in [-0.3, -0.25) is 24.0 Å². The molecule has 4 atom stereocenters. The number of para-hydroxylation sites is 2. The molecule has 3 amide bonds. The van der Waals surface area contributed by atoms with Crippen LogP contribution in [0.2, 0.25) is 5.02 Å². The molecule has 9 nitrogen and oxygen atoms in total. The number of hydrogen-bond donors (Lipinski definition) is 2. The van der Waals surface area contributed by atoms with Crippen LogP contribution in [0.15, 0.2) is 59.5 Å². The molecular weight excluding hydrogens is 494 g/mol. The van der Waals surface area contributed by atoms with Crippen molar-refractivity contribution in [2.24, 2.45) is 23.7 Å². The number of carbonyl (C=O) groups is 3. The molecule has 2 fully saturated rings. The molecule has 1 saturated heterocycles. The Morgan fingerprint density at radius 3 is 2.37 bits per heavy atom. The highest BCUT2D eigenvalue weighted by atomic mass is 35.5. The quantitative estimate of drug-likeness (QED) is 0.432. The Bertz CT molecular complexity index is 1350. The van der Waals surface area contributed by atoms with E-state index in [9.17, 15) is 22.8 Å². The second kappa shape index (κ2) is 8.69. The van der Waals surface area contributed by atoms with Crippen molar-refractivity contribution < 1.29 is 27.5 Å². The van der Waals surface area contributed by atoms with E-state index in [1.165, 1.54) is 25.3 Å². The Labute approximate surface area is 207 Å². The molecule has 2 aliphatic carbocycles. The number of amides is 3. The topological polar surface area (TPSA) is 122 Å². The molecule has 1 heterocycles. The third-order valence-corrected chi connectivity index (χ3v) is 8.43. The van der Waals surface area contributed by atoms with Crippen molar-refractivity contribution in [1.82, 2.24) is 4.90 Å². The summed E-state index contributed by atoms with van der Waals surface area (Å²) in [5, 5.41) is 2.64. The number of benzene rings is 2. The van der Waals surface area contributed by atoms with E-state index in [4.69, 9.17) is 16.3 Å². The van der Waals surface area contributed by atoms with Crippen LogP contribution in [0.4, 0.5) is 11.4 Å². The molecule has 35 heavy (non-hydrogen) atoms. The number of rotatable bonds is 7. The first-order valence-corrected chi connectivity index (χ1v) is 12.8. The van der Waals surface area contributed by atoms with Gasteiger partial charge in [0.05, 0.1) is 40.2 Å². The van der Waals surface area contributed by atoms with Crippen LogP contribution < -0.4 is 14.8 Å². The Balaban J connectivity index is 1.31. The van der Waals surface area contributed by atoms with E-state index in [0.29, 0.717) is 5.75 Å². The van der Waals surface area contributed by atoms with Gasteiger partial charge in [-0.2, -0.15) is 0 Å². The first kappa shape index (κ1) is 23.4. The number of nitrogens with one attached hydrogen (secondary N) is 2. The number of ether oxygens (including phenoxy) is 1. The monoisotopic (exact) mass is 515 g/mol. The third kappa shape index (κ3) is 4.06. The molecule has 2 N–H and O–H groups in total. The number of anilines is 2. The summed E-state index contributed by atoms with van der Waals surface area (Å²) in [6, 6.07) is 10.4. The second-order valence-electron chi connectivity index (χ2n) is 8.76. The summed E-state index contributed by atoms with van der Waals surface area (Å²) >= 11 is 6.19. The minimum absolute atomic E-state index is 0.0422. The van der Waals surface area contributed by atoms with Crippen molar-refractivity contribution in [3.05, 3.63) is 59.6 Å². The molecule has 2 aromatic rings. The Morgan fingerprint density at radius 1 is 1.06 bits per heavy atom. The highest BCUT2D eigenvalue weighted by molar-refractivity contribution is 7.92. The summed E-state index contributed by atoms with van der Waals surface area (Å²) < 4.78 is 33.5. The molecule has 11 heteroatoms. The minimum atomic E-state index is -4.04. The zero-order valence-corrected chi connectivity index (χ0v) is 20.2. The van der Waals surface area contributed by atoms with E-state index < -0.39 is 34.3 Å². The molecular formula is C24H22ClN3O6S. The van der Waals surface area contributed by atoms with Gasteiger partial charge in [-0.15, -0.1) is 0 Å². The Morgan fingerprint density at radius 2 is 1.71 bits per heavy atom. The molecule has 0 unspecified atom stereocenters. The van der Waals surface area contributed by atoms with Gasteiger partial charge < -0.3 is 10.1 Å². The molecule has 0 radical (unpaired) electrons. The van der Waals surface area contributed by atoms with E-state index in [1.807, 2.05) is 12.2 Å². The van der Waals surface area contributed by atoms with Crippen LogP contribution in [-0.2, 0) is 24.4 Å². The lowest BCUT2D eigenvalue weighted by Crippen LogP contribution is -2.39. The van der Waals surface area contributed by atoms with Gasteiger partial charge in [0.15, 0.2) is 0 Å². The number of imide groups is 1. The lowest BCUT2D eigenvalue weighted by molar-refractivity contribution is -0.143. The van der Waals surface area contributed by atoms with Crippen molar-refractivity contribution in [2.45, 2.75) is 11.3 Å². The lowest BCUT2D eigenvalue weighted by atomic mass is 9.85. The number of allylic oxidation sites excluding steroid dienone is 2. The van der Waals surface area contributed by atoms with E-state index >= 15 is 0 Å². The van der Waals surface area contributed by atoms with Crippen LogP contribution in [0, 0.1) is 23.7 Å². The molecule has 2 bridgehead atoms. The van der Waals surface area contributed by atoms with Crippen molar-refractivity contribution in [3.63, 3.8) is 0 Å². The van der Waals surface area contributed by atoms with Gasteiger partial charge in [0.2, 0.25) is 17.7 Å². The van der Waals surface area contributed by atoms with E-state index in [0.717, 1.165) is 11.3 Å². The third-order valence-electron chi connectivity index (χ3n) is 6.74. The van der Waals surface area contributed by atoms with Crippen LogP contribution in [-0.4, -0.2) is 44.7 Å². The highest BCUT2D eigenvalue weighted by Gasteiger charge is 2.59. The number of halogens is 1. The number of fused-ring (bicyclic) bond motifs is 5. The maximum absolute atomic E-state index is 12.9. The fraction of sp³-hybridized carbons (Fsp3) is 0.292. The van der Waals surface area contributed by atoms with E-state index in [1.54, 1.807) is 24.3 Å². The molecule has 2 aromatic carbocycles. The van der Waals surface area contributed by atoms with Crippen molar-refractivity contribution >= 4 is 50.7 Å². The van der Waals surface area contributed by atoms with Crippen LogP contribution in [0.1, 0.15) is 6.42 Å². The van der Waals surface area contributed by atoms with E-state index in [-0.39, 0.29) is 44.9 Å². The van der Waals surface area contributed by atoms with Gasteiger partial charge in [-0.25, -0.2) is 8.42 Å². The number of nitrogens with zero attached hydrogens (tertiary/aromatic N) is 1. The number of likely N-dealkylation sites (tertiary alicyclic amines) is 1. The summed E-state index contributed by atoms with van der Waals surface area (Å²) in [6.45, 7) is -0.461. The van der Waals surface area contributed by atoms with Crippen molar-refractivity contribution in [2.75, 3.05) is 23.7 Å². The standard InChI is InChI=1S/C24H22ClN3O6S/c1-34-19-5-3-2-4-17(19)27-35(32,33)15-8-9-16(25)18(11-15)26-20(29)12-28-23(30)21-13-6-7-14(10-13)22(21)24(28)31/h2-9,11,13-14,21-22,27H,10,12H2,1H3,(H,26,29)/t13-,14-,21+,22+/m0/s1. The lowest BCUT2D eigenvalue weighted by Gasteiger charge is -2.17.